The molecule has 0 bridgehead atoms. The molecule has 4 heteroatoms. The summed E-state index contributed by atoms with van der Waals surface area (Å²) in [5.41, 5.74) is 0.857. The van der Waals surface area contributed by atoms with Gasteiger partial charge >= 0.3 is 0 Å². The molecule has 0 radical (unpaired) electrons. The maximum Gasteiger partial charge on any atom is 0.247 e. The number of hydrogen-bond donors (Lipinski definition) is 0. The number of nitrogens with zero attached hydrogens (tertiary/aromatic N) is 1. The van der Waals surface area contributed by atoms with Crippen LogP contribution in [0.1, 0.15) is 33.3 Å². The predicted octanol–water partition coefficient (Wildman–Crippen LogP) is 4.65. The molecule has 1 rings (SSSR count). The third kappa shape index (κ3) is 4.55. The second-order valence-corrected chi connectivity index (χ2v) is 5.75. The lowest BCUT2D eigenvalue weighted by atomic mass is 10.2. The van der Waals surface area contributed by atoms with Gasteiger partial charge in [-0.1, -0.05) is 29.3 Å². The monoisotopic (exact) mass is 299 g/mol. The Kier molecular flexibility index (Phi) is 5.89. The lowest BCUT2D eigenvalue weighted by molar-refractivity contribution is -0.129. The van der Waals surface area contributed by atoms with E-state index in [0.717, 1.165) is 5.56 Å². The average molecular weight is 300 g/mol. The molecule has 1 aromatic carbocycles. The van der Waals surface area contributed by atoms with E-state index in [0.29, 0.717) is 10.0 Å². The molecule has 0 atom stereocenters. The van der Waals surface area contributed by atoms with Gasteiger partial charge in [0.25, 0.3) is 0 Å². The van der Waals surface area contributed by atoms with Crippen LogP contribution in [0.2, 0.25) is 10.0 Å². The molecule has 0 aromatic heterocycles. The van der Waals surface area contributed by atoms with Gasteiger partial charge in [-0.15, -0.1) is 0 Å². The summed E-state index contributed by atoms with van der Waals surface area (Å²) in [5, 5.41) is 0.997. The normalized spacial score (nSPS) is 11.6. The van der Waals surface area contributed by atoms with E-state index in [1.54, 1.807) is 24.3 Å². The predicted molar refractivity (Wildman–Crippen MR) is 82.6 cm³/mol. The number of benzene rings is 1. The highest BCUT2D eigenvalue weighted by atomic mass is 35.5. The number of halogens is 2. The Labute approximate surface area is 125 Å². The molecule has 19 heavy (non-hydrogen) atoms. The first-order valence-corrected chi connectivity index (χ1v) is 7.04. The zero-order chi connectivity index (χ0) is 14.6. The van der Waals surface area contributed by atoms with Gasteiger partial charge in [0.1, 0.15) is 0 Å². The van der Waals surface area contributed by atoms with E-state index in [2.05, 4.69) is 0 Å². The second kappa shape index (κ2) is 6.97. The van der Waals surface area contributed by atoms with Crippen molar-refractivity contribution in [2.45, 2.75) is 39.8 Å². The smallest absolute Gasteiger partial charge is 0.247 e. The molecule has 0 saturated heterocycles. The van der Waals surface area contributed by atoms with Crippen molar-refractivity contribution in [2.24, 2.45) is 0 Å². The first-order chi connectivity index (χ1) is 8.82. The first-order valence-electron chi connectivity index (χ1n) is 6.28. The summed E-state index contributed by atoms with van der Waals surface area (Å²) < 4.78 is 0. The molecule has 0 aliphatic rings. The Hall–Kier alpha value is -0.990. The van der Waals surface area contributed by atoms with E-state index in [4.69, 9.17) is 23.2 Å². The van der Waals surface area contributed by atoms with Crippen LogP contribution in [-0.2, 0) is 4.79 Å². The van der Waals surface area contributed by atoms with E-state index in [1.807, 2.05) is 38.7 Å². The van der Waals surface area contributed by atoms with E-state index < -0.39 is 0 Å². The number of rotatable bonds is 4. The van der Waals surface area contributed by atoms with Crippen LogP contribution in [0.5, 0.6) is 0 Å². The van der Waals surface area contributed by atoms with Gasteiger partial charge in [0.05, 0.1) is 10.0 Å². The Balaban J connectivity index is 2.85. The third-order valence-corrected chi connectivity index (χ3v) is 3.47. The van der Waals surface area contributed by atoms with Crippen LogP contribution in [0, 0.1) is 0 Å². The molecular formula is C15H19Cl2NO. The minimum Gasteiger partial charge on any atom is -0.334 e. The van der Waals surface area contributed by atoms with Crippen LogP contribution in [0.3, 0.4) is 0 Å². The van der Waals surface area contributed by atoms with Crippen molar-refractivity contribution in [3.8, 4) is 0 Å². The summed E-state index contributed by atoms with van der Waals surface area (Å²) >= 11 is 11.8. The van der Waals surface area contributed by atoms with Crippen LogP contribution in [0.4, 0.5) is 0 Å². The maximum absolute atomic E-state index is 12.1. The van der Waals surface area contributed by atoms with E-state index in [1.165, 1.54) is 0 Å². The van der Waals surface area contributed by atoms with Crippen LogP contribution >= 0.6 is 23.2 Å². The van der Waals surface area contributed by atoms with Crippen molar-refractivity contribution in [1.82, 2.24) is 4.90 Å². The Morgan fingerprint density at radius 3 is 2.16 bits per heavy atom. The second-order valence-electron chi connectivity index (χ2n) is 4.94. The summed E-state index contributed by atoms with van der Waals surface area (Å²) in [5.74, 6) is -0.00364. The van der Waals surface area contributed by atoms with Gasteiger partial charge in [0.15, 0.2) is 0 Å². The van der Waals surface area contributed by atoms with Gasteiger partial charge in [0.2, 0.25) is 5.91 Å². The van der Waals surface area contributed by atoms with Crippen LogP contribution in [-0.4, -0.2) is 22.9 Å². The molecule has 1 aromatic rings. The third-order valence-electron chi connectivity index (χ3n) is 2.73. The average Bonchev–Trinajstić information content (AvgIpc) is 2.29. The molecule has 0 aliphatic heterocycles. The summed E-state index contributed by atoms with van der Waals surface area (Å²) in [7, 11) is 0. The summed E-state index contributed by atoms with van der Waals surface area (Å²) in [4.78, 5) is 14.0. The largest absolute Gasteiger partial charge is 0.334 e. The van der Waals surface area contributed by atoms with Crippen LogP contribution < -0.4 is 0 Å². The Morgan fingerprint density at radius 2 is 1.68 bits per heavy atom. The molecule has 2 nitrogen and oxygen atoms in total. The molecule has 0 saturated carbocycles. The SMILES string of the molecule is CC(C)N(C(=O)C=Cc1ccc(Cl)c(Cl)c1)C(C)C. The van der Waals surface area contributed by atoms with Gasteiger partial charge in [-0.05, 0) is 51.5 Å². The molecule has 0 fully saturated rings. The lowest BCUT2D eigenvalue weighted by Crippen LogP contribution is -2.41. The van der Waals surface area contributed by atoms with Crippen molar-refractivity contribution in [2.75, 3.05) is 0 Å². The van der Waals surface area contributed by atoms with Crippen molar-refractivity contribution in [3.63, 3.8) is 0 Å². The van der Waals surface area contributed by atoms with Gasteiger partial charge in [-0.3, -0.25) is 4.79 Å². The molecular weight excluding hydrogens is 281 g/mol. The lowest BCUT2D eigenvalue weighted by Gasteiger charge is -2.29. The summed E-state index contributed by atoms with van der Waals surface area (Å²) in [6.45, 7) is 8.02. The van der Waals surface area contributed by atoms with Gasteiger partial charge in [-0.2, -0.15) is 0 Å². The molecule has 104 valence electrons. The van der Waals surface area contributed by atoms with Crippen molar-refractivity contribution in [3.05, 3.63) is 39.9 Å². The van der Waals surface area contributed by atoms with E-state index in [-0.39, 0.29) is 18.0 Å². The van der Waals surface area contributed by atoms with Crippen LogP contribution in [0.15, 0.2) is 24.3 Å². The topological polar surface area (TPSA) is 20.3 Å². The highest BCUT2D eigenvalue weighted by Gasteiger charge is 2.17. The van der Waals surface area contributed by atoms with Crippen LogP contribution in [0.25, 0.3) is 6.08 Å². The van der Waals surface area contributed by atoms with Crippen molar-refractivity contribution >= 4 is 35.2 Å². The fourth-order valence-corrected chi connectivity index (χ4v) is 2.28. The minimum absolute atomic E-state index is 0.00364. The highest BCUT2D eigenvalue weighted by molar-refractivity contribution is 6.42. The minimum atomic E-state index is -0.00364. The molecule has 0 heterocycles. The molecule has 0 N–H and O–H groups in total. The molecule has 0 spiro atoms. The standard InChI is InChI=1S/C15H19Cl2NO/c1-10(2)18(11(3)4)15(19)8-6-12-5-7-13(16)14(17)9-12/h5-11H,1-4H3. The van der Waals surface area contributed by atoms with Gasteiger partial charge in [0, 0.05) is 18.2 Å². The quantitative estimate of drug-likeness (QED) is 0.741. The first kappa shape index (κ1) is 16.1. The number of carbonyl (C=O) groups excluding carboxylic acids is 1. The van der Waals surface area contributed by atoms with Gasteiger partial charge < -0.3 is 4.90 Å². The van der Waals surface area contributed by atoms with E-state index >= 15 is 0 Å². The summed E-state index contributed by atoms with van der Waals surface area (Å²) in [6, 6.07) is 5.63. The van der Waals surface area contributed by atoms with Crippen molar-refractivity contribution < 1.29 is 4.79 Å². The summed E-state index contributed by atoms with van der Waals surface area (Å²) in [6.07, 6.45) is 3.32. The molecule has 1 amide bonds. The number of hydrogen-bond acceptors (Lipinski definition) is 1. The number of amides is 1. The van der Waals surface area contributed by atoms with E-state index in [9.17, 15) is 4.79 Å². The Morgan fingerprint density at radius 1 is 1.11 bits per heavy atom. The zero-order valence-corrected chi connectivity index (χ0v) is 13.2. The van der Waals surface area contributed by atoms with Gasteiger partial charge in [-0.25, -0.2) is 0 Å². The number of carbonyl (C=O) groups is 1. The van der Waals surface area contributed by atoms with Crippen molar-refractivity contribution in [1.29, 1.82) is 0 Å². The highest BCUT2D eigenvalue weighted by Crippen LogP contribution is 2.23. The zero-order valence-electron chi connectivity index (χ0n) is 11.7. The molecule has 0 unspecified atom stereocenters. The Bertz CT molecular complexity index is 473. The maximum atomic E-state index is 12.1. The fraction of sp³-hybridized carbons (Fsp3) is 0.400. The fourth-order valence-electron chi connectivity index (χ4n) is 1.97. The molecule has 0 aliphatic carbocycles.